The minimum atomic E-state index is -5.76. The lowest BCUT2D eigenvalue weighted by Crippen LogP contribution is -2.56. The Bertz CT molecular complexity index is 1550. The fourth-order valence-electron chi connectivity index (χ4n) is 7.33. The maximum Gasteiger partial charge on any atom is 0.472 e. The molecule has 13 atom stereocenters. The zero-order valence-electron chi connectivity index (χ0n) is 37.0. The quantitative estimate of drug-likeness (QED) is 0.0316. The number of cyclic esters (lactones) is 1. The number of phosphoric ester groups is 2. The van der Waals surface area contributed by atoms with Crippen molar-refractivity contribution in [3.63, 3.8) is 0 Å². The Hall–Kier alpha value is -2.16. The van der Waals surface area contributed by atoms with E-state index in [1.807, 2.05) is 6.92 Å². The van der Waals surface area contributed by atoms with Crippen LogP contribution in [0.4, 0.5) is 0 Å². The van der Waals surface area contributed by atoms with E-state index in [0.717, 1.165) is 70.3 Å². The van der Waals surface area contributed by atoms with E-state index >= 15 is 0 Å². The molecule has 1 heterocycles. The molecule has 1 unspecified atom stereocenters. The Morgan fingerprint density at radius 1 is 0.875 bits per heavy atom. The highest BCUT2D eigenvalue weighted by Gasteiger charge is 2.51. The smallest absolute Gasteiger partial charge is 0.462 e. The van der Waals surface area contributed by atoms with Gasteiger partial charge in [-0.2, -0.15) is 0 Å². The molecule has 2 rings (SSSR count). The summed E-state index contributed by atoms with van der Waals surface area (Å²) in [6.07, 6.45) is 1.61. The van der Waals surface area contributed by atoms with Crippen LogP contribution in [0.1, 0.15) is 123 Å². The van der Waals surface area contributed by atoms with Crippen molar-refractivity contribution in [2.45, 2.75) is 184 Å². The van der Waals surface area contributed by atoms with Gasteiger partial charge in [0.2, 0.25) is 0 Å². The van der Waals surface area contributed by atoms with E-state index in [0.29, 0.717) is 12.8 Å². The van der Waals surface area contributed by atoms with Crippen molar-refractivity contribution < 1.29 is 92.2 Å². The predicted octanol–water partition coefficient (Wildman–Crippen LogP) is 4.10. The van der Waals surface area contributed by atoms with E-state index in [-0.39, 0.29) is 19.3 Å². The summed E-state index contributed by atoms with van der Waals surface area (Å²) in [5.41, 5.74) is 0. The van der Waals surface area contributed by atoms with Gasteiger partial charge in [-0.1, -0.05) is 107 Å². The number of fused-ring (bicyclic) bond motifs is 4. The molecule has 19 nitrogen and oxygen atoms in total. The van der Waals surface area contributed by atoms with Crippen LogP contribution < -0.4 is 0 Å². The van der Waals surface area contributed by atoms with Crippen LogP contribution in [-0.4, -0.2) is 137 Å². The number of phosphoric acid groups is 2. The van der Waals surface area contributed by atoms with E-state index in [1.165, 1.54) is 18.2 Å². The van der Waals surface area contributed by atoms with Crippen LogP contribution in [0.15, 0.2) is 48.6 Å². The Morgan fingerprint density at radius 3 is 2.25 bits per heavy atom. The third-order valence-electron chi connectivity index (χ3n) is 10.9. The second kappa shape index (κ2) is 31.0. The average molecular weight is 957 g/mol. The van der Waals surface area contributed by atoms with Gasteiger partial charge in [-0.15, -0.1) is 0 Å². The summed E-state index contributed by atoms with van der Waals surface area (Å²) in [5.74, 6) is -4.75. The first kappa shape index (κ1) is 58.0. The molecule has 0 amide bonds. The summed E-state index contributed by atoms with van der Waals surface area (Å²) in [6, 6.07) is 0. The van der Waals surface area contributed by atoms with Gasteiger partial charge in [-0.25, -0.2) is 9.13 Å². The number of unbranched alkanes of at least 4 members (excludes halogenated alkanes) is 8. The van der Waals surface area contributed by atoms with E-state index < -0.39 is 127 Å². The molecule has 1 fully saturated rings. The number of aliphatic hydroxyl groups excluding tert-OH is 7. The predicted molar refractivity (Wildman–Crippen MR) is 234 cm³/mol. The molecule has 1 aliphatic heterocycles. The van der Waals surface area contributed by atoms with E-state index in [2.05, 4.69) is 31.2 Å². The van der Waals surface area contributed by atoms with Gasteiger partial charge < -0.3 is 59.9 Å². The van der Waals surface area contributed by atoms with Crippen molar-refractivity contribution in [2.24, 2.45) is 11.8 Å². The summed E-state index contributed by atoms with van der Waals surface area (Å²) >= 11 is 0. The van der Waals surface area contributed by atoms with Gasteiger partial charge in [0, 0.05) is 24.7 Å². The molecule has 2 bridgehead atoms. The number of carbonyl (C=O) groups is 2. The first-order valence-corrected chi connectivity index (χ1v) is 25.5. The summed E-state index contributed by atoms with van der Waals surface area (Å²) in [4.78, 5) is 56.3. The number of esters is 2. The van der Waals surface area contributed by atoms with Crippen LogP contribution >= 0.6 is 15.6 Å². The van der Waals surface area contributed by atoms with Gasteiger partial charge in [-0.05, 0) is 44.9 Å². The molecule has 0 radical (unpaired) electrons. The number of rotatable bonds is 22. The van der Waals surface area contributed by atoms with Crippen molar-refractivity contribution >= 4 is 27.6 Å². The van der Waals surface area contributed by atoms with Crippen LogP contribution in [-0.2, 0) is 41.8 Å². The molecule has 21 heteroatoms. The number of ether oxygens (including phenoxy) is 2. The minimum absolute atomic E-state index is 0.0304. The number of hydrogen-bond donors (Lipinski definition) is 10. The third-order valence-corrected chi connectivity index (χ3v) is 12.5. The van der Waals surface area contributed by atoms with Gasteiger partial charge in [0.05, 0.1) is 43.5 Å². The molecule has 10 N–H and O–H groups in total. The van der Waals surface area contributed by atoms with E-state index in [1.54, 1.807) is 0 Å². The maximum atomic E-state index is 13.6. The molecular weight excluding hydrogens is 882 g/mol. The number of hydrogen-bond acceptors (Lipinski definition) is 16. The van der Waals surface area contributed by atoms with Crippen LogP contribution in [0.5, 0.6) is 0 Å². The Labute approximate surface area is 376 Å². The standard InChI is InChI=1S/C43H74O19P2/c1-3-5-7-8-9-10-11-12-13-14-15-16-18-23-36(47)58-28-31-29-59-64(56,57)62-43-41(52)40(51)38(49)32(22-19-20-24-37(48)60-31)34(45)27-35(46)33(26-25-30(44)21-17-6-4-2)39(50)42(43)61-63(53,54)55/h7-8,10-11,19-20,25-26,30-35,38-46,49-52H,3-6,9,12-18,21-24,27-29H2,1-2H3,(H,56,57)(H2,53,54,55)/b8-7-,11-10-,20-19-,26-25-/t30-,31-,32-,33+,34+,35-,38-,39-,40+,41-,42-,43+/m1/s1. The highest BCUT2D eigenvalue weighted by molar-refractivity contribution is 7.47. The highest BCUT2D eigenvalue weighted by atomic mass is 31.2. The van der Waals surface area contributed by atoms with Crippen LogP contribution in [0.25, 0.3) is 0 Å². The summed E-state index contributed by atoms with van der Waals surface area (Å²) in [5, 5.41) is 79.1. The van der Waals surface area contributed by atoms with Crippen molar-refractivity contribution in [3.8, 4) is 0 Å². The highest BCUT2D eigenvalue weighted by Crippen LogP contribution is 2.49. The van der Waals surface area contributed by atoms with Crippen LogP contribution in [0.3, 0.4) is 0 Å². The van der Waals surface area contributed by atoms with Crippen LogP contribution in [0, 0.1) is 11.8 Å². The summed E-state index contributed by atoms with van der Waals surface area (Å²) in [7, 11) is -11.4. The lowest BCUT2D eigenvalue weighted by molar-refractivity contribution is -0.165. The molecule has 1 saturated carbocycles. The average Bonchev–Trinajstić information content (AvgIpc) is 3.23. The lowest BCUT2D eigenvalue weighted by atomic mass is 9.83. The van der Waals surface area contributed by atoms with Crippen molar-refractivity contribution in [3.05, 3.63) is 48.6 Å². The molecule has 0 aromatic heterocycles. The molecule has 0 saturated heterocycles. The SMILES string of the molecule is CCC/C=C\C/C=C\CCCCCCCC(=O)OC[C@@H]1COP(=O)(O)O[C@H]2[C@H](O)[C@@H](O)[C@H](O)[C@H](C/C=C\CC(=O)O1)[C@@H](O)C[C@@H](O)[C@H](/C=C\[C@H](O)CCCCC)[C@@H](O)[C@H]2OP(=O)(O)O. The molecule has 0 aromatic rings. The van der Waals surface area contributed by atoms with Crippen molar-refractivity contribution in [2.75, 3.05) is 13.2 Å². The number of carbonyl (C=O) groups excluding carboxylic acids is 2. The van der Waals surface area contributed by atoms with Gasteiger partial charge in [-0.3, -0.25) is 23.2 Å². The second-order valence-electron chi connectivity index (χ2n) is 16.4. The lowest BCUT2D eigenvalue weighted by Gasteiger charge is -2.38. The Morgan fingerprint density at radius 2 is 1.56 bits per heavy atom. The first-order valence-electron chi connectivity index (χ1n) is 22.4. The van der Waals surface area contributed by atoms with Crippen LogP contribution in [0.2, 0.25) is 0 Å². The zero-order chi connectivity index (χ0) is 47.7. The van der Waals surface area contributed by atoms with Gasteiger partial charge >= 0.3 is 27.6 Å². The van der Waals surface area contributed by atoms with Gasteiger partial charge in [0.1, 0.15) is 31.0 Å². The van der Waals surface area contributed by atoms with Gasteiger partial charge in [0.15, 0.2) is 6.10 Å². The normalized spacial score (nSPS) is 32.8. The van der Waals surface area contributed by atoms with Gasteiger partial charge in [0.25, 0.3) is 0 Å². The summed E-state index contributed by atoms with van der Waals surface area (Å²) in [6.45, 7) is 2.44. The molecule has 370 valence electrons. The molecule has 0 spiro atoms. The second-order valence-corrected chi connectivity index (χ2v) is 19.0. The van der Waals surface area contributed by atoms with Crippen molar-refractivity contribution in [1.29, 1.82) is 0 Å². The first-order chi connectivity index (χ1) is 30.3. The zero-order valence-corrected chi connectivity index (χ0v) is 38.8. The molecular formula is C43H74O19P2. The fraction of sp³-hybridized carbons (Fsp3) is 0.767. The largest absolute Gasteiger partial charge is 0.472 e. The topological polar surface area (TPSA) is 317 Å². The number of allylic oxidation sites excluding steroid dienone is 5. The molecule has 0 aromatic carbocycles. The molecule has 1 aliphatic carbocycles. The van der Waals surface area contributed by atoms with E-state index in [4.69, 9.17) is 23.0 Å². The fourth-order valence-corrected chi connectivity index (χ4v) is 8.86. The Balaban J connectivity index is 2.35. The van der Waals surface area contributed by atoms with Crippen molar-refractivity contribution in [1.82, 2.24) is 0 Å². The molecule has 2 aliphatic rings. The maximum absolute atomic E-state index is 13.6. The number of aliphatic hydroxyl groups is 7. The third kappa shape index (κ3) is 23.0. The molecule has 64 heavy (non-hydrogen) atoms. The summed E-state index contributed by atoms with van der Waals surface area (Å²) < 4.78 is 51.7. The Kier molecular flexibility index (Phi) is 28.1. The van der Waals surface area contributed by atoms with E-state index in [9.17, 15) is 69.1 Å². The minimum Gasteiger partial charge on any atom is -0.462 e. The monoisotopic (exact) mass is 956 g/mol.